The lowest BCUT2D eigenvalue weighted by Gasteiger charge is -2.15. The molecule has 0 saturated heterocycles. The fourth-order valence-electron chi connectivity index (χ4n) is 3.02. The first-order valence-electron chi connectivity index (χ1n) is 11.1. The van der Waals surface area contributed by atoms with Gasteiger partial charge in [-0.25, -0.2) is 4.79 Å². The average molecular weight is 386 g/mol. The molecule has 5 nitrogen and oxygen atoms in total. The van der Waals surface area contributed by atoms with Gasteiger partial charge >= 0.3 is 12.1 Å². The first-order valence-corrected chi connectivity index (χ1v) is 11.1. The summed E-state index contributed by atoms with van der Waals surface area (Å²) in [4.78, 5) is 24.2. The van der Waals surface area contributed by atoms with Crippen LogP contribution in [0.5, 0.6) is 0 Å². The highest BCUT2D eigenvalue weighted by Gasteiger charge is 2.14. The molecule has 1 amide bonds. The summed E-state index contributed by atoms with van der Waals surface area (Å²) >= 11 is 0. The van der Waals surface area contributed by atoms with Crippen LogP contribution in [0.1, 0.15) is 104 Å². The zero-order chi connectivity index (χ0) is 20.2. The van der Waals surface area contributed by atoms with E-state index in [1.807, 2.05) is 0 Å². The number of likely N-dealkylation sites (N-methyl/N-ethyl adjacent to an activating group) is 1. The van der Waals surface area contributed by atoms with Gasteiger partial charge in [-0.3, -0.25) is 4.79 Å². The molecule has 0 unspecified atom stereocenters. The highest BCUT2D eigenvalue weighted by Crippen LogP contribution is 2.12. The van der Waals surface area contributed by atoms with Crippen LogP contribution in [0.2, 0.25) is 0 Å². The SMILES string of the molecule is CCCCCCCCCCCCCCCCOC(=O)CN(C)C(=O)OCC. The van der Waals surface area contributed by atoms with Crippen LogP contribution in [0.4, 0.5) is 4.79 Å². The Morgan fingerprint density at radius 2 is 1.11 bits per heavy atom. The van der Waals surface area contributed by atoms with Gasteiger partial charge in [-0.1, -0.05) is 90.4 Å². The van der Waals surface area contributed by atoms with Gasteiger partial charge < -0.3 is 14.4 Å². The Morgan fingerprint density at radius 1 is 0.667 bits per heavy atom. The minimum absolute atomic E-state index is 0.0581. The summed E-state index contributed by atoms with van der Waals surface area (Å²) in [6.45, 7) is 4.68. The fourth-order valence-corrected chi connectivity index (χ4v) is 3.02. The Balaban J connectivity index is 3.28. The van der Waals surface area contributed by atoms with E-state index >= 15 is 0 Å². The largest absolute Gasteiger partial charge is 0.464 e. The van der Waals surface area contributed by atoms with Gasteiger partial charge in [0.2, 0.25) is 0 Å². The molecule has 0 spiro atoms. The van der Waals surface area contributed by atoms with E-state index in [2.05, 4.69) is 6.92 Å². The van der Waals surface area contributed by atoms with Crippen molar-refractivity contribution < 1.29 is 19.1 Å². The quantitative estimate of drug-likeness (QED) is 0.211. The molecule has 0 heterocycles. The van der Waals surface area contributed by atoms with Crippen LogP contribution in [-0.4, -0.2) is 43.8 Å². The molecule has 0 aliphatic rings. The predicted octanol–water partition coefficient (Wildman–Crippen LogP) is 6.10. The molecule has 0 aliphatic carbocycles. The van der Waals surface area contributed by atoms with E-state index in [0.717, 1.165) is 12.8 Å². The summed E-state index contributed by atoms with van der Waals surface area (Å²) in [5.74, 6) is -0.375. The van der Waals surface area contributed by atoms with Crippen molar-refractivity contribution in [2.75, 3.05) is 26.8 Å². The standard InChI is InChI=1S/C22H43NO4/c1-4-6-7-8-9-10-11-12-13-14-15-16-17-18-19-27-21(24)20-23(3)22(25)26-5-2/h4-20H2,1-3H3. The number of nitrogens with zero attached hydrogens (tertiary/aromatic N) is 1. The average Bonchev–Trinajstić information content (AvgIpc) is 2.65. The van der Waals surface area contributed by atoms with Crippen LogP contribution in [0.15, 0.2) is 0 Å². The maximum Gasteiger partial charge on any atom is 0.410 e. The smallest absolute Gasteiger partial charge is 0.410 e. The Morgan fingerprint density at radius 3 is 1.56 bits per heavy atom. The molecular formula is C22H43NO4. The predicted molar refractivity (Wildman–Crippen MR) is 111 cm³/mol. The first-order chi connectivity index (χ1) is 13.1. The molecule has 5 heteroatoms. The van der Waals surface area contributed by atoms with Crippen LogP contribution < -0.4 is 0 Å². The number of carbonyl (C=O) groups is 2. The van der Waals surface area contributed by atoms with E-state index in [1.54, 1.807) is 6.92 Å². The first kappa shape index (κ1) is 25.7. The van der Waals surface area contributed by atoms with Crippen molar-refractivity contribution in [3.8, 4) is 0 Å². The lowest BCUT2D eigenvalue weighted by Crippen LogP contribution is -2.33. The monoisotopic (exact) mass is 385 g/mol. The van der Waals surface area contributed by atoms with E-state index in [9.17, 15) is 9.59 Å². The lowest BCUT2D eigenvalue weighted by atomic mass is 10.0. The van der Waals surface area contributed by atoms with Crippen molar-refractivity contribution in [1.82, 2.24) is 4.90 Å². The third-order valence-electron chi connectivity index (χ3n) is 4.71. The molecule has 160 valence electrons. The highest BCUT2D eigenvalue weighted by atomic mass is 16.6. The van der Waals surface area contributed by atoms with Gasteiger partial charge in [0, 0.05) is 7.05 Å². The molecule has 27 heavy (non-hydrogen) atoms. The molecule has 0 bridgehead atoms. The number of ether oxygens (including phenoxy) is 2. The van der Waals surface area contributed by atoms with Gasteiger partial charge in [0.1, 0.15) is 6.54 Å². The van der Waals surface area contributed by atoms with Gasteiger partial charge in [-0.15, -0.1) is 0 Å². The molecule has 0 aliphatic heterocycles. The van der Waals surface area contributed by atoms with Crippen LogP contribution in [-0.2, 0) is 14.3 Å². The third kappa shape index (κ3) is 17.9. The normalized spacial score (nSPS) is 10.6. The van der Waals surface area contributed by atoms with Crippen molar-refractivity contribution >= 4 is 12.1 Å². The number of rotatable bonds is 18. The van der Waals surface area contributed by atoms with Crippen LogP contribution in [0.3, 0.4) is 0 Å². The summed E-state index contributed by atoms with van der Waals surface area (Å²) in [7, 11) is 1.53. The number of esters is 1. The third-order valence-corrected chi connectivity index (χ3v) is 4.71. The Kier molecular flexibility index (Phi) is 18.6. The molecule has 0 radical (unpaired) electrons. The van der Waals surface area contributed by atoms with Crippen molar-refractivity contribution in [1.29, 1.82) is 0 Å². The van der Waals surface area contributed by atoms with Gasteiger partial charge in [0.05, 0.1) is 13.2 Å². The Bertz CT molecular complexity index is 360. The second kappa shape index (κ2) is 19.5. The van der Waals surface area contributed by atoms with Gasteiger partial charge in [-0.05, 0) is 13.3 Å². The second-order valence-corrected chi connectivity index (χ2v) is 7.37. The maximum absolute atomic E-state index is 11.6. The molecule has 0 N–H and O–H groups in total. The van der Waals surface area contributed by atoms with Gasteiger partial charge in [-0.2, -0.15) is 0 Å². The Labute approximate surface area is 167 Å². The second-order valence-electron chi connectivity index (χ2n) is 7.37. The van der Waals surface area contributed by atoms with E-state index in [4.69, 9.17) is 9.47 Å². The Hall–Kier alpha value is -1.26. The molecule has 0 aromatic heterocycles. The molecular weight excluding hydrogens is 342 g/mol. The van der Waals surface area contributed by atoms with E-state index < -0.39 is 6.09 Å². The summed E-state index contributed by atoms with van der Waals surface area (Å²) in [6, 6.07) is 0. The highest BCUT2D eigenvalue weighted by molar-refractivity contribution is 5.77. The van der Waals surface area contributed by atoms with Crippen molar-refractivity contribution in [2.45, 2.75) is 104 Å². The molecule has 0 fully saturated rings. The number of unbranched alkanes of at least 4 members (excludes halogenated alkanes) is 13. The van der Waals surface area contributed by atoms with Crippen LogP contribution in [0.25, 0.3) is 0 Å². The molecule has 0 aromatic carbocycles. The fraction of sp³-hybridized carbons (Fsp3) is 0.909. The topological polar surface area (TPSA) is 55.8 Å². The summed E-state index contributed by atoms with van der Waals surface area (Å²) < 4.78 is 9.97. The summed E-state index contributed by atoms with van der Waals surface area (Å²) in [6.07, 6.45) is 17.8. The minimum Gasteiger partial charge on any atom is -0.464 e. The lowest BCUT2D eigenvalue weighted by molar-refractivity contribution is -0.144. The van der Waals surface area contributed by atoms with Crippen molar-refractivity contribution in [3.63, 3.8) is 0 Å². The zero-order valence-electron chi connectivity index (χ0n) is 18.1. The number of carbonyl (C=O) groups excluding carboxylic acids is 2. The van der Waals surface area contributed by atoms with Gasteiger partial charge in [0.25, 0.3) is 0 Å². The van der Waals surface area contributed by atoms with E-state index in [-0.39, 0.29) is 12.5 Å². The molecule has 0 rings (SSSR count). The van der Waals surface area contributed by atoms with E-state index in [1.165, 1.54) is 89.0 Å². The molecule has 0 saturated carbocycles. The van der Waals surface area contributed by atoms with Crippen molar-refractivity contribution in [2.24, 2.45) is 0 Å². The molecule has 0 aromatic rings. The minimum atomic E-state index is -0.494. The maximum atomic E-state index is 11.6. The number of hydrogen-bond acceptors (Lipinski definition) is 4. The van der Waals surface area contributed by atoms with E-state index in [0.29, 0.717) is 13.2 Å². The van der Waals surface area contributed by atoms with Gasteiger partial charge in [0.15, 0.2) is 0 Å². The number of amides is 1. The summed E-state index contributed by atoms with van der Waals surface area (Å²) in [5.41, 5.74) is 0. The van der Waals surface area contributed by atoms with Crippen LogP contribution >= 0.6 is 0 Å². The van der Waals surface area contributed by atoms with Crippen molar-refractivity contribution in [3.05, 3.63) is 0 Å². The summed E-state index contributed by atoms with van der Waals surface area (Å²) in [5, 5.41) is 0. The zero-order valence-corrected chi connectivity index (χ0v) is 18.1. The molecule has 0 atom stereocenters. The van der Waals surface area contributed by atoms with Crippen LogP contribution in [0, 0.1) is 0 Å². The number of hydrogen-bond donors (Lipinski definition) is 0.